The van der Waals surface area contributed by atoms with Crippen molar-refractivity contribution in [3.05, 3.63) is 48.0 Å². The highest BCUT2D eigenvalue weighted by Gasteiger charge is 2.31. The van der Waals surface area contributed by atoms with Gasteiger partial charge in [0, 0.05) is 30.9 Å². The number of rotatable bonds is 3. The van der Waals surface area contributed by atoms with Crippen molar-refractivity contribution < 1.29 is 13.2 Å². The third-order valence-corrected chi connectivity index (χ3v) is 5.17. The van der Waals surface area contributed by atoms with Gasteiger partial charge in [0.2, 0.25) is 15.9 Å². The Hall–Kier alpha value is -2.32. The van der Waals surface area contributed by atoms with Gasteiger partial charge in [-0.3, -0.25) is 4.79 Å². The summed E-state index contributed by atoms with van der Waals surface area (Å²) in [4.78, 5) is 19.2. The predicted octanol–water partition coefficient (Wildman–Crippen LogP) is 1.14. The van der Waals surface area contributed by atoms with Crippen LogP contribution < -0.4 is 5.32 Å². The molecule has 1 aromatic heterocycles. The third kappa shape index (κ3) is 2.70. The van der Waals surface area contributed by atoms with Crippen LogP contribution in [0, 0.1) is 0 Å². The minimum atomic E-state index is -3.60. The number of carbonyl (C=O) groups is 1. The number of anilines is 1. The summed E-state index contributed by atoms with van der Waals surface area (Å²) < 4.78 is 26.6. The number of nitrogens with zero attached hydrogens (tertiary/aromatic N) is 3. The van der Waals surface area contributed by atoms with Crippen LogP contribution in [0.3, 0.4) is 0 Å². The van der Waals surface area contributed by atoms with Crippen molar-refractivity contribution in [2.45, 2.75) is 24.9 Å². The summed E-state index contributed by atoms with van der Waals surface area (Å²) in [6.07, 6.45) is 3.05. The van der Waals surface area contributed by atoms with E-state index < -0.39 is 10.0 Å². The summed E-state index contributed by atoms with van der Waals surface area (Å²) in [5.74, 6) is -0.204. The zero-order valence-corrected chi connectivity index (χ0v) is 12.7. The highest BCUT2D eigenvalue weighted by Crippen LogP contribution is 2.27. The Kier molecular flexibility index (Phi) is 3.63. The summed E-state index contributed by atoms with van der Waals surface area (Å²) in [5, 5.41) is 2.60. The van der Waals surface area contributed by atoms with E-state index in [0.717, 1.165) is 11.3 Å². The van der Waals surface area contributed by atoms with Gasteiger partial charge in [0.25, 0.3) is 0 Å². The normalized spacial score (nSPS) is 14.6. The van der Waals surface area contributed by atoms with E-state index in [1.54, 1.807) is 18.3 Å². The lowest BCUT2D eigenvalue weighted by atomic mass is 10.3. The van der Waals surface area contributed by atoms with Crippen LogP contribution in [-0.4, -0.2) is 28.6 Å². The van der Waals surface area contributed by atoms with E-state index in [4.69, 9.17) is 0 Å². The maximum Gasteiger partial charge on any atom is 0.243 e. The number of nitrogens with one attached hydrogen (secondary N) is 1. The van der Waals surface area contributed by atoms with Crippen LogP contribution in [-0.2, 0) is 27.9 Å². The highest BCUT2D eigenvalue weighted by atomic mass is 32.2. The van der Waals surface area contributed by atoms with Crippen LogP contribution in [0.1, 0.15) is 18.2 Å². The van der Waals surface area contributed by atoms with Crippen molar-refractivity contribution >= 4 is 21.6 Å². The van der Waals surface area contributed by atoms with Gasteiger partial charge in [-0.05, 0) is 24.3 Å². The van der Waals surface area contributed by atoms with Gasteiger partial charge in [-0.15, -0.1) is 0 Å². The summed E-state index contributed by atoms with van der Waals surface area (Å²) in [7, 11) is -3.60. The fraction of sp³-hybridized carbons (Fsp3) is 0.214. The van der Waals surface area contributed by atoms with Crippen molar-refractivity contribution in [2.24, 2.45) is 0 Å². The zero-order valence-electron chi connectivity index (χ0n) is 11.9. The first kappa shape index (κ1) is 14.6. The Morgan fingerprint density at radius 1 is 1.23 bits per heavy atom. The minimum Gasteiger partial charge on any atom is -0.326 e. The van der Waals surface area contributed by atoms with Crippen molar-refractivity contribution in [1.82, 2.24) is 14.3 Å². The Bertz CT molecular complexity index is 793. The lowest BCUT2D eigenvalue weighted by Gasteiger charge is -2.15. The van der Waals surface area contributed by atoms with Gasteiger partial charge < -0.3 is 5.32 Å². The molecule has 0 fully saturated rings. The SMILES string of the molecule is CC(=O)Nc1ccc(S(=O)(=O)N2Cc3cncnc3C2)cc1. The zero-order chi connectivity index (χ0) is 15.7. The molecule has 2 aromatic rings. The van der Waals surface area contributed by atoms with E-state index in [1.807, 2.05) is 0 Å². The summed E-state index contributed by atoms with van der Waals surface area (Å²) >= 11 is 0. The number of hydrogen-bond acceptors (Lipinski definition) is 5. The molecular formula is C14H14N4O3S. The first-order chi connectivity index (χ1) is 10.5. The summed E-state index contributed by atoms with van der Waals surface area (Å²) in [6.45, 7) is 1.91. The van der Waals surface area contributed by atoms with Crippen LogP contribution in [0.5, 0.6) is 0 Å². The molecule has 0 aliphatic carbocycles. The summed E-state index contributed by atoms with van der Waals surface area (Å²) in [6, 6.07) is 6.10. The number of fused-ring (bicyclic) bond motifs is 1. The van der Waals surface area contributed by atoms with E-state index in [1.165, 1.54) is 29.7 Å². The van der Waals surface area contributed by atoms with Crippen molar-refractivity contribution in [1.29, 1.82) is 0 Å². The molecule has 2 heterocycles. The van der Waals surface area contributed by atoms with Crippen LogP contribution in [0.15, 0.2) is 41.7 Å². The molecule has 0 unspecified atom stereocenters. The average molecular weight is 318 g/mol. The monoisotopic (exact) mass is 318 g/mol. The molecular weight excluding hydrogens is 304 g/mol. The lowest BCUT2D eigenvalue weighted by Crippen LogP contribution is -2.25. The molecule has 0 atom stereocenters. The molecule has 114 valence electrons. The number of amides is 1. The minimum absolute atomic E-state index is 0.183. The lowest BCUT2D eigenvalue weighted by molar-refractivity contribution is -0.114. The first-order valence-corrected chi connectivity index (χ1v) is 8.06. The molecule has 8 heteroatoms. The largest absolute Gasteiger partial charge is 0.326 e. The molecule has 0 saturated heterocycles. The van der Waals surface area contributed by atoms with E-state index in [2.05, 4.69) is 15.3 Å². The van der Waals surface area contributed by atoms with Crippen LogP contribution in [0.4, 0.5) is 5.69 Å². The fourth-order valence-corrected chi connectivity index (χ4v) is 3.68. The Morgan fingerprint density at radius 2 is 1.95 bits per heavy atom. The number of carbonyl (C=O) groups excluding carboxylic acids is 1. The molecule has 1 aliphatic rings. The van der Waals surface area contributed by atoms with Gasteiger partial charge in [0.15, 0.2) is 0 Å². The second-order valence-electron chi connectivity index (χ2n) is 4.97. The smallest absolute Gasteiger partial charge is 0.243 e. The van der Waals surface area contributed by atoms with Gasteiger partial charge in [0.05, 0.1) is 17.1 Å². The second kappa shape index (κ2) is 5.47. The molecule has 3 rings (SSSR count). The van der Waals surface area contributed by atoms with E-state index >= 15 is 0 Å². The standard InChI is InChI=1S/C14H14N4O3S/c1-10(19)17-12-2-4-13(5-3-12)22(20,21)18-7-11-6-15-9-16-14(11)8-18/h2-6,9H,7-8H2,1H3,(H,17,19). The second-order valence-corrected chi connectivity index (χ2v) is 6.91. The topological polar surface area (TPSA) is 92.3 Å². The Morgan fingerprint density at radius 3 is 2.59 bits per heavy atom. The molecule has 1 aliphatic heterocycles. The molecule has 0 bridgehead atoms. The van der Waals surface area contributed by atoms with Gasteiger partial charge in [-0.1, -0.05) is 0 Å². The van der Waals surface area contributed by atoms with Crippen LogP contribution >= 0.6 is 0 Å². The van der Waals surface area contributed by atoms with Gasteiger partial charge in [-0.25, -0.2) is 18.4 Å². The fourth-order valence-electron chi connectivity index (χ4n) is 2.30. The molecule has 22 heavy (non-hydrogen) atoms. The highest BCUT2D eigenvalue weighted by molar-refractivity contribution is 7.89. The predicted molar refractivity (Wildman–Crippen MR) is 79.2 cm³/mol. The number of sulfonamides is 1. The van der Waals surface area contributed by atoms with Crippen molar-refractivity contribution in [2.75, 3.05) is 5.32 Å². The van der Waals surface area contributed by atoms with Gasteiger partial charge in [0.1, 0.15) is 6.33 Å². The van der Waals surface area contributed by atoms with E-state index in [0.29, 0.717) is 5.69 Å². The Labute approximate surface area is 128 Å². The quantitative estimate of drug-likeness (QED) is 0.916. The van der Waals surface area contributed by atoms with Crippen molar-refractivity contribution in [3.8, 4) is 0 Å². The molecule has 0 saturated carbocycles. The molecule has 0 spiro atoms. The Balaban J connectivity index is 1.84. The van der Waals surface area contributed by atoms with Crippen LogP contribution in [0.25, 0.3) is 0 Å². The third-order valence-electron chi connectivity index (χ3n) is 3.37. The maximum absolute atomic E-state index is 12.6. The van der Waals surface area contributed by atoms with Crippen LogP contribution in [0.2, 0.25) is 0 Å². The number of benzene rings is 1. The number of hydrogen-bond donors (Lipinski definition) is 1. The summed E-state index contributed by atoms with van der Waals surface area (Å²) in [5.41, 5.74) is 2.11. The first-order valence-electron chi connectivity index (χ1n) is 6.62. The molecule has 0 radical (unpaired) electrons. The average Bonchev–Trinajstić information content (AvgIpc) is 2.92. The van der Waals surface area contributed by atoms with Gasteiger partial charge >= 0.3 is 0 Å². The van der Waals surface area contributed by atoms with E-state index in [-0.39, 0.29) is 23.9 Å². The van der Waals surface area contributed by atoms with Crippen molar-refractivity contribution in [3.63, 3.8) is 0 Å². The maximum atomic E-state index is 12.6. The molecule has 1 aromatic carbocycles. The van der Waals surface area contributed by atoms with Gasteiger partial charge in [-0.2, -0.15) is 4.31 Å². The molecule has 7 nitrogen and oxygen atoms in total. The molecule has 1 amide bonds. The van der Waals surface area contributed by atoms with E-state index in [9.17, 15) is 13.2 Å². The molecule has 1 N–H and O–H groups in total. The number of aromatic nitrogens is 2.